The number of rotatable bonds is 5. The van der Waals surface area contributed by atoms with Crippen molar-refractivity contribution in [2.45, 2.75) is 0 Å². The van der Waals surface area contributed by atoms with E-state index in [9.17, 15) is 13.2 Å². The molecule has 26 heavy (non-hydrogen) atoms. The molecule has 0 fully saturated rings. The first-order chi connectivity index (χ1) is 12.3. The topological polar surface area (TPSA) is 109 Å². The average Bonchev–Trinajstić information content (AvgIpc) is 2.94. The van der Waals surface area contributed by atoms with Crippen molar-refractivity contribution in [3.63, 3.8) is 0 Å². The number of fused-ring (bicyclic) bond motifs is 1. The summed E-state index contributed by atoms with van der Waals surface area (Å²) >= 11 is 1.21. The van der Waals surface area contributed by atoms with Crippen LogP contribution in [0, 0.1) is 0 Å². The van der Waals surface area contributed by atoms with Crippen molar-refractivity contribution in [1.82, 2.24) is 4.98 Å². The lowest BCUT2D eigenvalue weighted by Crippen LogP contribution is -2.19. The highest BCUT2D eigenvalue weighted by Gasteiger charge is 2.11. The molecule has 136 valence electrons. The number of aromatic nitrogens is 1. The highest BCUT2D eigenvalue weighted by atomic mass is 32.2. The zero-order valence-electron chi connectivity index (χ0n) is 13.9. The number of sulfonamides is 1. The monoisotopic (exact) mass is 392 g/mol. The summed E-state index contributed by atoms with van der Waals surface area (Å²) in [5, 5.41) is 5.70. The Morgan fingerprint density at radius 1 is 1.15 bits per heavy atom. The number of hydrogen-bond donors (Lipinski definition) is 3. The number of urea groups is 1. The van der Waals surface area contributed by atoms with Crippen LogP contribution in [0.1, 0.15) is 0 Å². The fourth-order valence-electron chi connectivity index (χ4n) is 2.24. The molecule has 3 N–H and O–H groups in total. The normalized spacial score (nSPS) is 11.2. The molecule has 1 heterocycles. The number of amides is 2. The molecule has 2 amide bonds. The second-order valence-corrected chi connectivity index (χ2v) is 8.13. The van der Waals surface area contributed by atoms with Gasteiger partial charge in [0.2, 0.25) is 10.0 Å². The fourth-order valence-corrected chi connectivity index (χ4v) is 3.92. The van der Waals surface area contributed by atoms with Gasteiger partial charge < -0.3 is 15.4 Å². The third-order valence-electron chi connectivity index (χ3n) is 3.27. The maximum absolute atomic E-state index is 12.2. The molecule has 0 unspecified atom stereocenters. The van der Waals surface area contributed by atoms with E-state index < -0.39 is 16.1 Å². The van der Waals surface area contributed by atoms with Crippen LogP contribution in [0.4, 0.5) is 21.3 Å². The molecule has 0 atom stereocenters. The van der Waals surface area contributed by atoms with Crippen molar-refractivity contribution in [2.75, 3.05) is 28.7 Å². The van der Waals surface area contributed by atoms with Crippen LogP contribution in [0.2, 0.25) is 0 Å². The molecule has 10 heteroatoms. The Hall–Kier alpha value is -2.85. The summed E-state index contributed by atoms with van der Waals surface area (Å²) in [6.45, 7) is 0. The highest BCUT2D eigenvalue weighted by Crippen LogP contribution is 2.29. The van der Waals surface area contributed by atoms with Crippen LogP contribution in [0.15, 0.2) is 42.5 Å². The van der Waals surface area contributed by atoms with Crippen molar-refractivity contribution in [3.05, 3.63) is 42.5 Å². The Labute approximate surface area is 154 Å². The summed E-state index contributed by atoms with van der Waals surface area (Å²) in [6.07, 6.45) is 1.06. The molecule has 0 bridgehead atoms. The van der Waals surface area contributed by atoms with Crippen LogP contribution < -0.4 is 20.1 Å². The van der Waals surface area contributed by atoms with Crippen LogP contribution >= 0.6 is 11.3 Å². The number of nitrogens with zero attached hydrogens (tertiary/aromatic N) is 1. The first kappa shape index (κ1) is 18.0. The van der Waals surface area contributed by atoms with E-state index >= 15 is 0 Å². The summed E-state index contributed by atoms with van der Waals surface area (Å²) < 4.78 is 30.9. The molecule has 0 saturated heterocycles. The van der Waals surface area contributed by atoms with E-state index in [-0.39, 0.29) is 5.13 Å². The first-order valence-electron chi connectivity index (χ1n) is 7.43. The molecule has 0 saturated carbocycles. The van der Waals surface area contributed by atoms with Crippen LogP contribution in [-0.2, 0) is 10.0 Å². The Balaban J connectivity index is 1.75. The lowest BCUT2D eigenvalue weighted by Gasteiger charge is -2.10. The van der Waals surface area contributed by atoms with Crippen molar-refractivity contribution in [2.24, 2.45) is 0 Å². The third-order valence-corrected chi connectivity index (χ3v) is 4.92. The number of methoxy groups -OCH3 is 1. The van der Waals surface area contributed by atoms with E-state index in [1.165, 1.54) is 18.4 Å². The van der Waals surface area contributed by atoms with Gasteiger partial charge in [0, 0.05) is 5.69 Å². The van der Waals surface area contributed by atoms with Crippen molar-refractivity contribution in [3.8, 4) is 5.75 Å². The van der Waals surface area contributed by atoms with Crippen molar-refractivity contribution < 1.29 is 17.9 Å². The number of ether oxygens (including phenoxy) is 1. The number of carbonyl (C=O) groups is 1. The second-order valence-electron chi connectivity index (χ2n) is 5.36. The maximum Gasteiger partial charge on any atom is 0.323 e. The number of para-hydroxylation sites is 2. The second kappa shape index (κ2) is 7.18. The van der Waals surface area contributed by atoms with Crippen LogP contribution in [0.3, 0.4) is 0 Å². The Bertz CT molecular complexity index is 1060. The van der Waals surface area contributed by atoms with Gasteiger partial charge in [-0.3, -0.25) is 4.72 Å². The first-order valence-corrected chi connectivity index (χ1v) is 10.1. The lowest BCUT2D eigenvalue weighted by molar-refractivity contribution is 0.262. The molecule has 0 aliphatic heterocycles. The molecule has 1 aromatic heterocycles. The van der Waals surface area contributed by atoms with Crippen molar-refractivity contribution in [1.29, 1.82) is 0 Å². The van der Waals surface area contributed by atoms with E-state index in [1.54, 1.807) is 42.5 Å². The molecule has 0 aliphatic rings. The van der Waals surface area contributed by atoms with Gasteiger partial charge >= 0.3 is 6.03 Å². The van der Waals surface area contributed by atoms with Gasteiger partial charge in [0.05, 0.1) is 29.3 Å². The molecule has 0 radical (unpaired) electrons. The zero-order valence-corrected chi connectivity index (χ0v) is 15.6. The number of thiazole rings is 1. The number of carbonyl (C=O) groups excluding carboxylic acids is 1. The molecule has 0 aliphatic carbocycles. The van der Waals surface area contributed by atoms with Gasteiger partial charge in [-0.1, -0.05) is 23.5 Å². The van der Waals surface area contributed by atoms with Gasteiger partial charge in [-0.15, -0.1) is 0 Å². The quantitative estimate of drug-likeness (QED) is 0.617. The molecule has 3 aromatic rings. The fraction of sp³-hybridized carbons (Fsp3) is 0.125. The van der Waals surface area contributed by atoms with E-state index in [0.29, 0.717) is 22.6 Å². The van der Waals surface area contributed by atoms with E-state index in [2.05, 4.69) is 20.3 Å². The Kier molecular flexibility index (Phi) is 4.96. The van der Waals surface area contributed by atoms with Crippen LogP contribution in [-0.4, -0.2) is 32.8 Å². The van der Waals surface area contributed by atoms with Gasteiger partial charge in [0.25, 0.3) is 0 Å². The summed E-state index contributed by atoms with van der Waals surface area (Å²) in [5.41, 5.74) is 1.65. The summed E-state index contributed by atoms with van der Waals surface area (Å²) in [5.74, 6) is 0.550. The smallest absolute Gasteiger partial charge is 0.323 e. The van der Waals surface area contributed by atoms with E-state index in [0.717, 1.165) is 11.0 Å². The number of hydrogen-bond acceptors (Lipinski definition) is 6. The largest absolute Gasteiger partial charge is 0.495 e. The average molecular weight is 392 g/mol. The predicted octanol–water partition coefficient (Wildman–Crippen LogP) is 3.32. The van der Waals surface area contributed by atoms with Crippen LogP contribution in [0.25, 0.3) is 10.2 Å². The number of anilines is 3. The van der Waals surface area contributed by atoms with E-state index in [1.807, 2.05) is 0 Å². The molecule has 2 aromatic carbocycles. The van der Waals surface area contributed by atoms with Crippen LogP contribution in [0.5, 0.6) is 5.75 Å². The van der Waals surface area contributed by atoms with Crippen molar-refractivity contribution >= 4 is 54.1 Å². The van der Waals surface area contributed by atoms with Gasteiger partial charge in [-0.25, -0.2) is 18.2 Å². The van der Waals surface area contributed by atoms with Gasteiger partial charge in [-0.2, -0.15) is 0 Å². The Morgan fingerprint density at radius 2 is 1.92 bits per heavy atom. The molecule has 8 nitrogen and oxygen atoms in total. The van der Waals surface area contributed by atoms with Gasteiger partial charge in [0.1, 0.15) is 5.75 Å². The molecule has 3 rings (SSSR count). The highest BCUT2D eigenvalue weighted by molar-refractivity contribution is 7.92. The summed E-state index contributed by atoms with van der Waals surface area (Å²) in [6, 6.07) is 11.8. The predicted molar refractivity (Wildman–Crippen MR) is 104 cm³/mol. The number of benzene rings is 2. The standard InChI is InChI=1S/C16H16N4O4S2/c1-24-13-6-4-3-5-11(13)18-15(21)17-10-7-8-14-12(9-10)19-16(25-14)20-26(2,22)23/h3-9H,1-2H3,(H,19,20)(H2,17,18,21). The number of nitrogens with one attached hydrogen (secondary N) is 3. The third kappa shape index (κ3) is 4.41. The summed E-state index contributed by atoms with van der Waals surface area (Å²) in [4.78, 5) is 16.4. The minimum absolute atomic E-state index is 0.276. The maximum atomic E-state index is 12.2. The Morgan fingerprint density at radius 3 is 2.65 bits per heavy atom. The minimum Gasteiger partial charge on any atom is -0.495 e. The zero-order chi connectivity index (χ0) is 18.7. The van der Waals surface area contributed by atoms with E-state index in [4.69, 9.17) is 4.74 Å². The lowest BCUT2D eigenvalue weighted by atomic mass is 10.3. The molecule has 0 spiro atoms. The van der Waals surface area contributed by atoms with Gasteiger partial charge in [0.15, 0.2) is 5.13 Å². The minimum atomic E-state index is -3.39. The summed E-state index contributed by atoms with van der Waals surface area (Å²) in [7, 11) is -1.86. The molecular weight excluding hydrogens is 376 g/mol. The van der Waals surface area contributed by atoms with Gasteiger partial charge in [-0.05, 0) is 30.3 Å². The molecular formula is C16H16N4O4S2. The SMILES string of the molecule is COc1ccccc1NC(=O)Nc1ccc2sc(NS(C)(=O)=O)nc2c1.